The molecule has 0 aromatic carbocycles. The van der Waals surface area contributed by atoms with Crippen LogP contribution in [0.5, 0.6) is 0 Å². The molecule has 5 amide bonds. The number of nitrogens with two attached hydrogens (primary N) is 1. The van der Waals surface area contributed by atoms with E-state index in [9.17, 15) is 48.6 Å². The Hall–Kier alpha value is -5.51. The van der Waals surface area contributed by atoms with E-state index < -0.39 is 96.5 Å². The summed E-state index contributed by atoms with van der Waals surface area (Å²) in [7, 11) is 0. The van der Waals surface area contributed by atoms with Crippen molar-refractivity contribution >= 4 is 59.2 Å². The first-order valence-electron chi connectivity index (χ1n) is 16.1. The molecule has 22 heteroatoms. The fraction of sp³-hybridized carbons (Fsp3) is 0.533. The average molecular weight is 751 g/mol. The second-order valence-corrected chi connectivity index (χ2v) is 12.9. The van der Waals surface area contributed by atoms with Crippen molar-refractivity contribution in [1.29, 1.82) is 0 Å². The number of rotatable bonds is 21. The number of H-pyrrole nitrogens is 2. The summed E-state index contributed by atoms with van der Waals surface area (Å²) in [5.41, 5.74) is 6.78. The lowest BCUT2D eigenvalue weighted by Gasteiger charge is -2.30. The Morgan fingerprint density at radius 1 is 0.827 bits per heavy atom. The largest absolute Gasteiger partial charge is 0.481 e. The van der Waals surface area contributed by atoms with Crippen LogP contribution in [0.4, 0.5) is 0 Å². The number of imidazole rings is 2. The summed E-state index contributed by atoms with van der Waals surface area (Å²) in [6.07, 6.45) is 5.82. The number of aliphatic carboxylic acids is 3. The topological polar surface area (TPSA) is 332 Å². The molecule has 21 nitrogen and oxygen atoms in total. The number of hydrogen-bond donors (Lipinski definition) is 10. The first-order chi connectivity index (χ1) is 24.7. The summed E-state index contributed by atoms with van der Waals surface area (Å²) < 4.78 is 0. The molecule has 0 radical (unpaired) electrons. The number of likely N-dealkylation sites (tertiary alicyclic amines) is 1. The molecule has 3 heterocycles. The molecule has 1 aliphatic heterocycles. The maximum atomic E-state index is 13.8. The van der Waals surface area contributed by atoms with Gasteiger partial charge in [0.1, 0.15) is 30.2 Å². The smallest absolute Gasteiger partial charge is 0.326 e. The third-order valence-corrected chi connectivity index (χ3v) is 8.66. The van der Waals surface area contributed by atoms with E-state index in [2.05, 4.69) is 41.2 Å². The van der Waals surface area contributed by atoms with Gasteiger partial charge in [0.25, 0.3) is 0 Å². The minimum Gasteiger partial charge on any atom is -0.481 e. The van der Waals surface area contributed by atoms with Crippen LogP contribution in [-0.4, -0.2) is 142 Å². The molecule has 0 aliphatic carbocycles. The molecule has 2 aromatic rings. The van der Waals surface area contributed by atoms with Crippen molar-refractivity contribution in [3.63, 3.8) is 0 Å². The van der Waals surface area contributed by atoms with E-state index in [0.717, 1.165) is 4.90 Å². The van der Waals surface area contributed by atoms with Gasteiger partial charge in [-0.25, -0.2) is 14.8 Å². The van der Waals surface area contributed by atoms with Crippen LogP contribution < -0.4 is 27.0 Å². The molecule has 1 fully saturated rings. The Kier molecular flexibility index (Phi) is 15.6. The van der Waals surface area contributed by atoms with E-state index in [1.54, 1.807) is 0 Å². The fourth-order valence-corrected chi connectivity index (χ4v) is 5.86. The molecule has 3 rings (SSSR count). The van der Waals surface area contributed by atoms with Gasteiger partial charge in [-0.3, -0.25) is 33.6 Å². The predicted molar refractivity (Wildman–Crippen MR) is 180 cm³/mol. The lowest BCUT2D eigenvalue weighted by Crippen LogP contribution is -2.59. The van der Waals surface area contributed by atoms with Crippen LogP contribution in [0.1, 0.15) is 43.5 Å². The molecule has 0 spiro atoms. The van der Waals surface area contributed by atoms with Crippen LogP contribution in [0.3, 0.4) is 0 Å². The number of carboxylic acid groups (broad SMARTS) is 3. The molecule has 1 saturated heterocycles. The zero-order valence-corrected chi connectivity index (χ0v) is 28.9. The van der Waals surface area contributed by atoms with Crippen LogP contribution >= 0.6 is 11.8 Å². The van der Waals surface area contributed by atoms with Crippen molar-refractivity contribution in [3.05, 3.63) is 36.4 Å². The molecule has 0 saturated carbocycles. The predicted octanol–water partition coefficient (Wildman–Crippen LogP) is -3.04. The molecular formula is C30H42N10O11S. The van der Waals surface area contributed by atoms with E-state index in [1.165, 1.54) is 36.8 Å². The zero-order valence-electron chi connectivity index (χ0n) is 28.1. The molecule has 0 bridgehead atoms. The third-order valence-electron chi connectivity index (χ3n) is 8.02. The van der Waals surface area contributed by atoms with Crippen LogP contribution in [0.25, 0.3) is 0 Å². The summed E-state index contributed by atoms with van der Waals surface area (Å²) in [6, 6.07) is -8.43. The maximum Gasteiger partial charge on any atom is 0.326 e. The number of nitrogens with one attached hydrogen (secondary N) is 6. The Morgan fingerprint density at radius 3 is 1.85 bits per heavy atom. The second-order valence-electron chi connectivity index (χ2n) is 11.9. The summed E-state index contributed by atoms with van der Waals surface area (Å²) in [6.45, 7) is -0.0153. The Morgan fingerprint density at radius 2 is 1.35 bits per heavy atom. The van der Waals surface area contributed by atoms with E-state index >= 15 is 0 Å². The van der Waals surface area contributed by atoms with Crippen molar-refractivity contribution in [2.24, 2.45) is 5.73 Å². The third kappa shape index (κ3) is 12.4. The number of aromatic amines is 2. The Labute approximate surface area is 300 Å². The van der Waals surface area contributed by atoms with Gasteiger partial charge in [-0.1, -0.05) is 0 Å². The van der Waals surface area contributed by atoms with Crippen molar-refractivity contribution in [2.45, 2.75) is 81.2 Å². The number of amides is 5. The number of aromatic nitrogens is 4. The molecule has 2 aromatic heterocycles. The van der Waals surface area contributed by atoms with Crippen LogP contribution in [0, 0.1) is 0 Å². The molecule has 284 valence electrons. The van der Waals surface area contributed by atoms with Gasteiger partial charge in [0, 0.05) is 43.2 Å². The van der Waals surface area contributed by atoms with Gasteiger partial charge in [-0.2, -0.15) is 11.8 Å². The zero-order chi connectivity index (χ0) is 38.4. The van der Waals surface area contributed by atoms with Gasteiger partial charge in [-0.05, 0) is 31.3 Å². The van der Waals surface area contributed by atoms with Crippen molar-refractivity contribution in [2.75, 3.05) is 18.6 Å². The monoisotopic (exact) mass is 750 g/mol. The van der Waals surface area contributed by atoms with Gasteiger partial charge in [0.2, 0.25) is 29.5 Å². The summed E-state index contributed by atoms with van der Waals surface area (Å²) >= 11 is 1.47. The number of hydrogen-bond acceptors (Lipinski definition) is 12. The molecule has 1 aliphatic rings. The average Bonchev–Trinajstić information content (AvgIpc) is 3.89. The fourth-order valence-electron chi connectivity index (χ4n) is 5.37. The highest BCUT2D eigenvalue weighted by Crippen LogP contribution is 2.20. The van der Waals surface area contributed by atoms with E-state index in [1.807, 2.05) is 6.26 Å². The molecule has 52 heavy (non-hydrogen) atoms. The summed E-state index contributed by atoms with van der Waals surface area (Å²) in [5.74, 6) is -8.31. The normalized spacial score (nSPS) is 16.8. The van der Waals surface area contributed by atoms with Gasteiger partial charge < -0.3 is 57.2 Å². The maximum absolute atomic E-state index is 13.8. The highest BCUT2D eigenvalue weighted by Gasteiger charge is 2.40. The SMILES string of the molecule is CSCC[C@H](N)C(=O)N[C@@H](Cc1cnc[nH]1)C(=O)N[C@@H](CC(=O)O)C(=O)N1CCC[C@H]1C(=O)N[C@@H](Cc1cnc[nH]1)C(=O)N[C@@H](CC(=O)O)C(=O)O. The molecular weight excluding hydrogens is 708 g/mol. The van der Waals surface area contributed by atoms with Crippen LogP contribution in [0.2, 0.25) is 0 Å². The number of thioether (sulfide) groups is 1. The van der Waals surface area contributed by atoms with Gasteiger partial charge in [-0.15, -0.1) is 0 Å². The van der Waals surface area contributed by atoms with Gasteiger partial charge in [0.15, 0.2) is 0 Å². The molecule has 0 unspecified atom stereocenters. The minimum atomic E-state index is -1.82. The van der Waals surface area contributed by atoms with Crippen LogP contribution in [0.15, 0.2) is 25.0 Å². The number of carbonyl (C=O) groups is 8. The lowest BCUT2D eigenvalue weighted by atomic mass is 10.1. The quantitative estimate of drug-likeness (QED) is 0.0606. The lowest BCUT2D eigenvalue weighted by molar-refractivity contribution is -0.148. The van der Waals surface area contributed by atoms with Crippen LogP contribution in [-0.2, 0) is 51.2 Å². The van der Waals surface area contributed by atoms with Crippen molar-refractivity contribution < 1.29 is 53.7 Å². The second kappa shape index (κ2) is 19.8. The highest BCUT2D eigenvalue weighted by molar-refractivity contribution is 7.98. The summed E-state index contributed by atoms with van der Waals surface area (Å²) in [5, 5.41) is 37.7. The van der Waals surface area contributed by atoms with E-state index in [4.69, 9.17) is 10.8 Å². The first kappa shape index (κ1) is 40.9. The van der Waals surface area contributed by atoms with E-state index in [-0.39, 0.29) is 25.8 Å². The van der Waals surface area contributed by atoms with E-state index in [0.29, 0.717) is 30.0 Å². The van der Waals surface area contributed by atoms with Gasteiger partial charge >= 0.3 is 17.9 Å². The van der Waals surface area contributed by atoms with Crippen molar-refractivity contribution in [3.8, 4) is 0 Å². The Balaban J connectivity index is 1.80. The number of carboxylic acids is 3. The van der Waals surface area contributed by atoms with Gasteiger partial charge in [0.05, 0.1) is 31.5 Å². The number of nitrogens with zero attached hydrogens (tertiary/aromatic N) is 3. The molecule has 11 N–H and O–H groups in total. The minimum absolute atomic E-state index is 0.0153. The number of carbonyl (C=O) groups excluding carboxylic acids is 5. The summed E-state index contributed by atoms with van der Waals surface area (Å²) in [4.78, 5) is 116. The van der Waals surface area contributed by atoms with Crippen molar-refractivity contribution in [1.82, 2.24) is 46.1 Å². The first-order valence-corrected chi connectivity index (χ1v) is 17.5. The standard InChI is InChI=1S/C30H42N10O11S/c1-52-6-4-17(31)25(45)36-18(7-15-11-32-13-34-15)26(46)38-20(9-23(41)42)29(49)40-5-2-3-22(40)28(48)37-19(8-16-12-33-14-35-16)27(47)39-21(30(50)51)10-24(43)44/h11-14,17-22H,2-10,31H2,1H3,(H,32,34)(H,33,35)(H,36,45)(H,37,48)(H,38,46)(H,39,47)(H,41,42)(H,43,44)(H,50,51)/t17-,18-,19-,20-,21-,22-/m0/s1. The Bertz CT molecular complexity index is 1570. The molecule has 6 atom stereocenters. The highest BCUT2D eigenvalue weighted by atomic mass is 32.2.